The van der Waals surface area contributed by atoms with Crippen LogP contribution in [-0.2, 0) is 4.79 Å². The number of carbonyl (C=O) groups excluding carboxylic acids is 1. The van der Waals surface area contributed by atoms with Gasteiger partial charge in [-0.3, -0.25) is 4.79 Å². The van der Waals surface area contributed by atoms with Gasteiger partial charge in [-0.15, -0.1) is 0 Å². The Balaban J connectivity index is 2.58. The fourth-order valence-corrected chi connectivity index (χ4v) is 1.69. The second kappa shape index (κ2) is 3.70. The predicted molar refractivity (Wildman–Crippen MR) is 50.9 cm³/mol. The minimum absolute atomic E-state index is 0.101. The lowest BCUT2D eigenvalue weighted by Crippen LogP contribution is -2.19. The molecule has 0 aliphatic heterocycles. The van der Waals surface area contributed by atoms with Crippen molar-refractivity contribution < 1.29 is 4.79 Å². The van der Waals surface area contributed by atoms with E-state index in [9.17, 15) is 4.79 Å². The highest BCUT2D eigenvalue weighted by Crippen LogP contribution is 2.33. The molecule has 0 amide bonds. The smallest absolute Gasteiger partial charge is 0.155 e. The van der Waals surface area contributed by atoms with Crippen LogP contribution in [0.4, 0.5) is 0 Å². The van der Waals surface area contributed by atoms with E-state index in [1.807, 2.05) is 0 Å². The third kappa shape index (κ3) is 2.33. The van der Waals surface area contributed by atoms with Crippen LogP contribution in [0.15, 0.2) is 24.8 Å². The molecule has 0 aromatic carbocycles. The SMILES string of the molecule is C=CC(=O)C[C@]1(C)C=CCCC1. The number of hydrogen-bond donors (Lipinski definition) is 0. The van der Waals surface area contributed by atoms with Crippen molar-refractivity contribution in [3.8, 4) is 0 Å². The molecule has 0 radical (unpaired) electrons. The first-order valence-electron chi connectivity index (χ1n) is 4.49. The molecule has 0 unspecified atom stereocenters. The first kappa shape index (κ1) is 9.24. The van der Waals surface area contributed by atoms with Crippen LogP contribution in [0, 0.1) is 5.41 Å². The van der Waals surface area contributed by atoms with E-state index in [1.165, 1.54) is 12.5 Å². The molecular weight excluding hydrogens is 148 g/mol. The number of rotatable bonds is 3. The Bertz CT molecular complexity index is 215. The van der Waals surface area contributed by atoms with Gasteiger partial charge in [-0.2, -0.15) is 0 Å². The summed E-state index contributed by atoms with van der Waals surface area (Å²) in [4.78, 5) is 11.1. The summed E-state index contributed by atoms with van der Waals surface area (Å²) >= 11 is 0. The fourth-order valence-electron chi connectivity index (χ4n) is 1.69. The van der Waals surface area contributed by atoms with Crippen LogP contribution in [-0.4, -0.2) is 5.78 Å². The maximum Gasteiger partial charge on any atom is 0.155 e. The van der Waals surface area contributed by atoms with Crippen LogP contribution in [0.5, 0.6) is 0 Å². The molecule has 1 aliphatic rings. The summed E-state index contributed by atoms with van der Waals surface area (Å²) in [6.07, 6.45) is 9.90. The van der Waals surface area contributed by atoms with E-state index < -0.39 is 0 Å². The number of ketones is 1. The van der Waals surface area contributed by atoms with Gasteiger partial charge < -0.3 is 0 Å². The lowest BCUT2D eigenvalue weighted by Gasteiger charge is -2.27. The van der Waals surface area contributed by atoms with E-state index in [1.54, 1.807) is 0 Å². The molecule has 0 saturated heterocycles. The Hall–Kier alpha value is -0.850. The van der Waals surface area contributed by atoms with Crippen molar-refractivity contribution in [1.29, 1.82) is 0 Å². The molecule has 0 saturated carbocycles. The molecule has 0 bridgehead atoms. The summed E-state index contributed by atoms with van der Waals surface area (Å²) in [6.45, 7) is 5.63. The van der Waals surface area contributed by atoms with Crippen molar-refractivity contribution in [3.63, 3.8) is 0 Å². The zero-order valence-electron chi connectivity index (χ0n) is 7.68. The minimum Gasteiger partial charge on any atom is -0.295 e. The average molecular weight is 164 g/mol. The molecule has 1 atom stereocenters. The van der Waals surface area contributed by atoms with E-state index >= 15 is 0 Å². The van der Waals surface area contributed by atoms with Crippen LogP contribution >= 0.6 is 0 Å². The molecule has 1 aliphatic carbocycles. The minimum atomic E-state index is 0.101. The molecule has 0 aromatic rings. The molecule has 0 spiro atoms. The Morgan fingerprint density at radius 1 is 1.75 bits per heavy atom. The van der Waals surface area contributed by atoms with Gasteiger partial charge in [0.05, 0.1) is 0 Å². The summed E-state index contributed by atoms with van der Waals surface area (Å²) in [6, 6.07) is 0. The highest BCUT2D eigenvalue weighted by Gasteiger charge is 2.24. The first-order valence-corrected chi connectivity index (χ1v) is 4.49. The third-order valence-corrected chi connectivity index (χ3v) is 2.44. The topological polar surface area (TPSA) is 17.1 Å². The highest BCUT2D eigenvalue weighted by atomic mass is 16.1. The molecule has 0 N–H and O–H groups in total. The quantitative estimate of drug-likeness (QED) is 0.463. The van der Waals surface area contributed by atoms with Gasteiger partial charge in [0, 0.05) is 6.42 Å². The predicted octanol–water partition coefficient (Wildman–Crippen LogP) is 2.88. The molecule has 0 aromatic heterocycles. The van der Waals surface area contributed by atoms with Crippen molar-refractivity contribution in [3.05, 3.63) is 24.8 Å². The molecule has 12 heavy (non-hydrogen) atoms. The lowest BCUT2D eigenvalue weighted by atomic mass is 9.77. The van der Waals surface area contributed by atoms with Gasteiger partial charge in [0.1, 0.15) is 0 Å². The summed E-state index contributed by atoms with van der Waals surface area (Å²) in [5.74, 6) is 0.157. The molecule has 0 fully saturated rings. The summed E-state index contributed by atoms with van der Waals surface area (Å²) < 4.78 is 0. The first-order chi connectivity index (χ1) is 5.66. The highest BCUT2D eigenvalue weighted by molar-refractivity contribution is 5.89. The second-order valence-corrected chi connectivity index (χ2v) is 3.80. The zero-order chi connectivity index (χ0) is 9.03. The fraction of sp³-hybridized carbons (Fsp3) is 0.545. The molecular formula is C11H16O. The van der Waals surface area contributed by atoms with Crippen molar-refractivity contribution in [2.45, 2.75) is 32.6 Å². The average Bonchev–Trinajstić information content (AvgIpc) is 2.05. The van der Waals surface area contributed by atoms with Gasteiger partial charge in [-0.05, 0) is 30.8 Å². The second-order valence-electron chi connectivity index (χ2n) is 3.80. The van der Waals surface area contributed by atoms with Crippen molar-refractivity contribution >= 4 is 5.78 Å². The largest absolute Gasteiger partial charge is 0.295 e. The van der Waals surface area contributed by atoms with E-state index in [0.29, 0.717) is 6.42 Å². The van der Waals surface area contributed by atoms with Crippen molar-refractivity contribution in [2.24, 2.45) is 5.41 Å². The van der Waals surface area contributed by atoms with Crippen molar-refractivity contribution in [2.75, 3.05) is 0 Å². The number of hydrogen-bond acceptors (Lipinski definition) is 1. The third-order valence-electron chi connectivity index (χ3n) is 2.44. The van der Waals surface area contributed by atoms with Gasteiger partial charge in [0.15, 0.2) is 5.78 Å². The van der Waals surface area contributed by atoms with E-state index in [4.69, 9.17) is 0 Å². The van der Waals surface area contributed by atoms with Gasteiger partial charge in [0.2, 0.25) is 0 Å². The van der Waals surface area contributed by atoms with E-state index in [2.05, 4.69) is 25.7 Å². The maximum absolute atomic E-state index is 11.1. The summed E-state index contributed by atoms with van der Waals surface area (Å²) in [5.41, 5.74) is 0.101. The molecule has 66 valence electrons. The Morgan fingerprint density at radius 2 is 2.50 bits per heavy atom. The molecule has 1 nitrogen and oxygen atoms in total. The summed E-state index contributed by atoms with van der Waals surface area (Å²) in [5, 5.41) is 0. The lowest BCUT2D eigenvalue weighted by molar-refractivity contribution is -0.116. The van der Waals surface area contributed by atoms with Crippen LogP contribution in [0.25, 0.3) is 0 Å². The van der Waals surface area contributed by atoms with Crippen LogP contribution in [0.2, 0.25) is 0 Å². The van der Waals surface area contributed by atoms with Gasteiger partial charge >= 0.3 is 0 Å². The van der Waals surface area contributed by atoms with Crippen LogP contribution in [0.3, 0.4) is 0 Å². The normalized spacial score (nSPS) is 28.4. The van der Waals surface area contributed by atoms with E-state index in [-0.39, 0.29) is 11.2 Å². The van der Waals surface area contributed by atoms with Crippen molar-refractivity contribution in [1.82, 2.24) is 0 Å². The van der Waals surface area contributed by atoms with Crippen LogP contribution < -0.4 is 0 Å². The molecule has 1 rings (SSSR count). The van der Waals surface area contributed by atoms with Gasteiger partial charge in [-0.25, -0.2) is 0 Å². The van der Waals surface area contributed by atoms with E-state index in [0.717, 1.165) is 12.8 Å². The maximum atomic E-state index is 11.1. The number of carbonyl (C=O) groups is 1. The zero-order valence-corrected chi connectivity index (χ0v) is 7.68. The Kier molecular flexibility index (Phi) is 2.85. The Labute approximate surface area is 74.2 Å². The summed E-state index contributed by atoms with van der Waals surface area (Å²) in [7, 11) is 0. The number of allylic oxidation sites excluding steroid dienone is 3. The van der Waals surface area contributed by atoms with Gasteiger partial charge in [-0.1, -0.05) is 25.7 Å². The standard InChI is InChI=1S/C11H16O/c1-3-10(12)9-11(2)7-5-4-6-8-11/h3,5,7H,1,4,6,8-9H2,2H3/t11-/m1/s1. The Morgan fingerprint density at radius 3 is 3.00 bits per heavy atom. The van der Waals surface area contributed by atoms with Crippen LogP contribution in [0.1, 0.15) is 32.6 Å². The monoisotopic (exact) mass is 164 g/mol. The molecule has 0 heterocycles. The molecule has 1 heteroatoms. The van der Waals surface area contributed by atoms with Gasteiger partial charge in [0.25, 0.3) is 0 Å².